The number of hydrogen-bond acceptors (Lipinski definition) is 5. The summed E-state index contributed by atoms with van der Waals surface area (Å²) in [6, 6.07) is 1.82. The van der Waals surface area contributed by atoms with Crippen LogP contribution in [-0.2, 0) is 0 Å². The Balaban J connectivity index is 2.30. The standard InChI is InChI=1S/C9H6Cl2N4S/c1-5-2-3-12-9(14-5)16-7-6(10)4-13-8(11)15-7/h2-4H,1H3. The molecule has 0 saturated carbocycles. The van der Waals surface area contributed by atoms with Crippen LogP contribution < -0.4 is 0 Å². The van der Waals surface area contributed by atoms with E-state index in [1.165, 1.54) is 18.0 Å². The number of rotatable bonds is 2. The van der Waals surface area contributed by atoms with Gasteiger partial charge in [-0.05, 0) is 36.4 Å². The van der Waals surface area contributed by atoms with Gasteiger partial charge in [-0.25, -0.2) is 19.9 Å². The first kappa shape index (κ1) is 11.6. The number of aromatic nitrogens is 4. The van der Waals surface area contributed by atoms with E-state index in [-0.39, 0.29) is 5.28 Å². The fourth-order valence-electron chi connectivity index (χ4n) is 0.964. The van der Waals surface area contributed by atoms with Crippen molar-refractivity contribution in [2.45, 2.75) is 17.1 Å². The smallest absolute Gasteiger partial charge is 0.223 e. The minimum Gasteiger partial charge on any atom is -0.231 e. The van der Waals surface area contributed by atoms with E-state index in [9.17, 15) is 0 Å². The van der Waals surface area contributed by atoms with Gasteiger partial charge in [0.15, 0.2) is 5.16 Å². The fraction of sp³-hybridized carbons (Fsp3) is 0.111. The third-order valence-electron chi connectivity index (χ3n) is 1.64. The highest BCUT2D eigenvalue weighted by Gasteiger charge is 2.08. The summed E-state index contributed by atoms with van der Waals surface area (Å²) in [5, 5.41) is 1.71. The largest absolute Gasteiger partial charge is 0.231 e. The molecule has 2 aromatic rings. The van der Waals surface area contributed by atoms with Crippen LogP contribution in [0.25, 0.3) is 0 Å². The first-order chi connectivity index (χ1) is 7.65. The molecule has 0 amide bonds. The minimum atomic E-state index is 0.152. The first-order valence-corrected chi connectivity index (χ1v) is 5.88. The van der Waals surface area contributed by atoms with Crippen LogP contribution in [0.1, 0.15) is 5.69 Å². The van der Waals surface area contributed by atoms with E-state index in [0.717, 1.165) is 5.69 Å². The normalized spacial score (nSPS) is 10.4. The average Bonchev–Trinajstić information content (AvgIpc) is 2.24. The Morgan fingerprint density at radius 1 is 1.19 bits per heavy atom. The van der Waals surface area contributed by atoms with Crippen molar-refractivity contribution in [2.75, 3.05) is 0 Å². The molecular weight excluding hydrogens is 267 g/mol. The van der Waals surface area contributed by atoms with Crippen molar-refractivity contribution < 1.29 is 0 Å². The third-order valence-corrected chi connectivity index (χ3v) is 3.10. The molecule has 0 bridgehead atoms. The lowest BCUT2D eigenvalue weighted by molar-refractivity contribution is 0.925. The second-order valence-electron chi connectivity index (χ2n) is 2.87. The number of aryl methyl sites for hydroxylation is 1. The SMILES string of the molecule is Cc1ccnc(Sc2nc(Cl)ncc2Cl)n1. The Bertz CT molecular complexity index is 521. The van der Waals surface area contributed by atoms with E-state index in [1.807, 2.05) is 13.0 Å². The van der Waals surface area contributed by atoms with Crippen LogP contribution in [0.4, 0.5) is 0 Å². The molecule has 2 aromatic heterocycles. The zero-order valence-corrected chi connectivity index (χ0v) is 10.5. The fourth-order valence-corrected chi connectivity index (χ4v) is 2.11. The first-order valence-electron chi connectivity index (χ1n) is 4.30. The van der Waals surface area contributed by atoms with E-state index in [4.69, 9.17) is 23.2 Å². The summed E-state index contributed by atoms with van der Waals surface area (Å²) in [4.78, 5) is 16.1. The zero-order valence-electron chi connectivity index (χ0n) is 8.19. The molecule has 0 fully saturated rings. The van der Waals surface area contributed by atoms with Crippen molar-refractivity contribution in [3.05, 3.63) is 34.5 Å². The molecule has 0 aliphatic carbocycles. The van der Waals surface area contributed by atoms with E-state index in [0.29, 0.717) is 15.2 Å². The summed E-state index contributed by atoms with van der Waals surface area (Å²) in [7, 11) is 0. The van der Waals surface area contributed by atoms with Crippen molar-refractivity contribution in [3.63, 3.8) is 0 Å². The molecule has 82 valence electrons. The van der Waals surface area contributed by atoms with Crippen molar-refractivity contribution in [1.29, 1.82) is 0 Å². The van der Waals surface area contributed by atoms with Gasteiger partial charge in [-0.3, -0.25) is 0 Å². The van der Waals surface area contributed by atoms with Gasteiger partial charge in [0, 0.05) is 11.9 Å². The topological polar surface area (TPSA) is 51.6 Å². The second-order valence-corrected chi connectivity index (χ2v) is 4.58. The average molecular weight is 273 g/mol. The molecule has 4 nitrogen and oxygen atoms in total. The lowest BCUT2D eigenvalue weighted by atomic mass is 10.5. The maximum atomic E-state index is 5.93. The molecule has 0 unspecified atom stereocenters. The van der Waals surface area contributed by atoms with E-state index in [1.54, 1.807) is 6.20 Å². The van der Waals surface area contributed by atoms with Gasteiger partial charge in [-0.15, -0.1) is 0 Å². The van der Waals surface area contributed by atoms with Gasteiger partial charge >= 0.3 is 0 Å². The van der Waals surface area contributed by atoms with Gasteiger partial charge in [0.05, 0.1) is 11.2 Å². The molecule has 16 heavy (non-hydrogen) atoms. The zero-order chi connectivity index (χ0) is 11.5. The maximum absolute atomic E-state index is 5.93. The number of hydrogen-bond donors (Lipinski definition) is 0. The van der Waals surface area contributed by atoms with Crippen molar-refractivity contribution in [1.82, 2.24) is 19.9 Å². The Morgan fingerprint density at radius 2 is 2.00 bits per heavy atom. The van der Waals surface area contributed by atoms with E-state index in [2.05, 4.69) is 19.9 Å². The summed E-state index contributed by atoms with van der Waals surface area (Å²) in [6.45, 7) is 1.89. The van der Waals surface area contributed by atoms with Gasteiger partial charge < -0.3 is 0 Å². The molecule has 0 aliphatic rings. The summed E-state index contributed by atoms with van der Waals surface area (Å²) in [5.41, 5.74) is 0.883. The molecule has 0 N–H and O–H groups in total. The van der Waals surface area contributed by atoms with Crippen molar-refractivity contribution in [2.24, 2.45) is 0 Å². The molecule has 0 atom stereocenters. The summed E-state index contributed by atoms with van der Waals surface area (Å²) in [6.07, 6.45) is 3.14. The van der Waals surface area contributed by atoms with Gasteiger partial charge in [0.1, 0.15) is 5.03 Å². The Hall–Kier alpha value is -0.910. The predicted molar refractivity (Wildman–Crippen MR) is 62.9 cm³/mol. The summed E-state index contributed by atoms with van der Waals surface area (Å²) < 4.78 is 0. The lowest BCUT2D eigenvalue weighted by Gasteiger charge is -2.01. The second kappa shape index (κ2) is 4.95. The summed E-state index contributed by atoms with van der Waals surface area (Å²) in [5.74, 6) is 0. The van der Waals surface area contributed by atoms with E-state index >= 15 is 0 Å². The molecule has 2 heterocycles. The predicted octanol–water partition coefficient (Wildman–Crippen LogP) is 3.03. The maximum Gasteiger partial charge on any atom is 0.223 e. The molecule has 0 radical (unpaired) electrons. The monoisotopic (exact) mass is 272 g/mol. The van der Waals surface area contributed by atoms with Gasteiger partial charge in [-0.2, -0.15) is 0 Å². The Kier molecular flexibility index (Phi) is 3.58. The van der Waals surface area contributed by atoms with Crippen LogP contribution >= 0.6 is 35.0 Å². The van der Waals surface area contributed by atoms with Crippen LogP contribution in [0.5, 0.6) is 0 Å². The quantitative estimate of drug-likeness (QED) is 0.621. The van der Waals surface area contributed by atoms with Crippen molar-refractivity contribution in [3.8, 4) is 0 Å². The third kappa shape index (κ3) is 2.81. The molecule has 2 rings (SSSR count). The Morgan fingerprint density at radius 3 is 2.75 bits per heavy atom. The van der Waals surface area contributed by atoms with Crippen LogP contribution in [0.3, 0.4) is 0 Å². The van der Waals surface area contributed by atoms with Crippen LogP contribution in [0, 0.1) is 6.92 Å². The van der Waals surface area contributed by atoms with Gasteiger partial charge in [0.2, 0.25) is 5.28 Å². The Labute approximate surface area is 106 Å². The molecular formula is C9H6Cl2N4S. The van der Waals surface area contributed by atoms with Crippen LogP contribution in [-0.4, -0.2) is 19.9 Å². The van der Waals surface area contributed by atoms with E-state index < -0.39 is 0 Å². The highest BCUT2D eigenvalue weighted by molar-refractivity contribution is 7.99. The van der Waals surface area contributed by atoms with Crippen LogP contribution in [0.2, 0.25) is 10.3 Å². The highest BCUT2D eigenvalue weighted by atomic mass is 35.5. The molecule has 0 aliphatic heterocycles. The van der Waals surface area contributed by atoms with Gasteiger partial charge in [-0.1, -0.05) is 11.6 Å². The summed E-state index contributed by atoms with van der Waals surface area (Å²) >= 11 is 12.9. The lowest BCUT2D eigenvalue weighted by Crippen LogP contribution is -1.91. The highest BCUT2D eigenvalue weighted by Crippen LogP contribution is 2.29. The molecule has 7 heteroatoms. The number of nitrogens with zero attached hydrogens (tertiary/aromatic N) is 4. The number of halogens is 2. The molecule has 0 saturated heterocycles. The van der Waals surface area contributed by atoms with Crippen LogP contribution in [0.15, 0.2) is 28.6 Å². The van der Waals surface area contributed by atoms with Gasteiger partial charge in [0.25, 0.3) is 0 Å². The van der Waals surface area contributed by atoms with Crippen molar-refractivity contribution >= 4 is 35.0 Å². The minimum absolute atomic E-state index is 0.152. The molecule has 0 aromatic carbocycles. The molecule has 0 spiro atoms.